The van der Waals surface area contributed by atoms with E-state index in [1.165, 1.54) is 22.7 Å². The molecule has 1 aromatic carbocycles. The number of thiophene rings is 1. The summed E-state index contributed by atoms with van der Waals surface area (Å²) >= 11 is 2.97. The van der Waals surface area contributed by atoms with Gasteiger partial charge in [0, 0.05) is 0 Å². The molecule has 4 N–H and O–H groups in total. The molecule has 7 heteroatoms. The van der Waals surface area contributed by atoms with Crippen molar-refractivity contribution in [3.05, 3.63) is 46.7 Å². The first-order valence-electron chi connectivity index (χ1n) is 5.80. The standard InChI is InChI=1S/C13H11N5S2/c14-11(10-6-3-7-19-10)17-12(15)18-13-16-8-4-1-2-5-9(8)20-13/h1-7H,(H4,14,15,16,17,18). The molecule has 0 fully saturated rings. The fourth-order valence-corrected chi connectivity index (χ4v) is 3.11. The highest BCUT2D eigenvalue weighted by atomic mass is 32.1. The SMILES string of the molecule is N/C(=N\C(N)=N\c1nc2ccccc2s1)c1cccs1. The first-order chi connectivity index (χ1) is 9.72. The number of amidine groups is 1. The number of aromatic nitrogens is 1. The van der Waals surface area contributed by atoms with Gasteiger partial charge in [0.05, 0.1) is 15.1 Å². The predicted octanol–water partition coefficient (Wildman–Crippen LogP) is 2.71. The maximum atomic E-state index is 5.85. The first-order valence-corrected chi connectivity index (χ1v) is 7.50. The summed E-state index contributed by atoms with van der Waals surface area (Å²) < 4.78 is 1.06. The Balaban J connectivity index is 1.89. The summed E-state index contributed by atoms with van der Waals surface area (Å²) in [5, 5.41) is 2.50. The summed E-state index contributed by atoms with van der Waals surface area (Å²) in [5.74, 6) is 0.470. The molecule has 0 saturated heterocycles. The highest BCUT2D eigenvalue weighted by Gasteiger charge is 2.03. The smallest absolute Gasteiger partial charge is 0.224 e. The molecule has 0 atom stereocenters. The fraction of sp³-hybridized carbons (Fsp3) is 0. The molecule has 5 nitrogen and oxygen atoms in total. The Hall–Kier alpha value is -2.25. The van der Waals surface area contributed by atoms with Crippen molar-refractivity contribution >= 4 is 49.8 Å². The number of para-hydroxylation sites is 1. The Kier molecular flexibility index (Phi) is 3.44. The Morgan fingerprint density at radius 1 is 1.10 bits per heavy atom. The van der Waals surface area contributed by atoms with Gasteiger partial charge in [-0.1, -0.05) is 29.5 Å². The molecule has 0 unspecified atom stereocenters. The van der Waals surface area contributed by atoms with Crippen molar-refractivity contribution < 1.29 is 0 Å². The molecule has 0 bridgehead atoms. The molecule has 0 spiro atoms. The van der Waals surface area contributed by atoms with Crippen LogP contribution in [0.2, 0.25) is 0 Å². The Bertz CT molecular complexity index is 753. The van der Waals surface area contributed by atoms with E-state index < -0.39 is 0 Å². The third-order valence-electron chi connectivity index (χ3n) is 2.50. The largest absolute Gasteiger partial charge is 0.382 e. The van der Waals surface area contributed by atoms with Crippen molar-refractivity contribution in [2.75, 3.05) is 0 Å². The molecule has 0 saturated carbocycles. The van der Waals surface area contributed by atoms with Gasteiger partial charge in [-0.15, -0.1) is 11.3 Å². The second-order valence-corrected chi connectivity index (χ2v) is 5.87. The van der Waals surface area contributed by atoms with Crippen molar-refractivity contribution in [1.29, 1.82) is 0 Å². The van der Waals surface area contributed by atoms with Crippen LogP contribution in [0.15, 0.2) is 51.8 Å². The van der Waals surface area contributed by atoms with Crippen LogP contribution < -0.4 is 11.5 Å². The maximum Gasteiger partial charge on any atom is 0.224 e. The molecule has 3 aromatic rings. The van der Waals surface area contributed by atoms with Gasteiger partial charge in [0.1, 0.15) is 5.84 Å². The Morgan fingerprint density at radius 2 is 1.95 bits per heavy atom. The number of hydrogen-bond donors (Lipinski definition) is 2. The molecule has 100 valence electrons. The van der Waals surface area contributed by atoms with E-state index in [2.05, 4.69) is 15.0 Å². The summed E-state index contributed by atoms with van der Waals surface area (Å²) in [6, 6.07) is 11.6. The van der Waals surface area contributed by atoms with E-state index >= 15 is 0 Å². The molecule has 20 heavy (non-hydrogen) atoms. The number of hydrogen-bond acceptors (Lipinski definition) is 4. The average Bonchev–Trinajstić information content (AvgIpc) is 3.07. The zero-order valence-electron chi connectivity index (χ0n) is 10.4. The third-order valence-corrected chi connectivity index (χ3v) is 4.32. The molecule has 0 aliphatic rings. The predicted molar refractivity (Wildman–Crippen MR) is 85.9 cm³/mol. The van der Waals surface area contributed by atoms with Crippen LogP contribution in [0.4, 0.5) is 5.13 Å². The highest BCUT2D eigenvalue weighted by Crippen LogP contribution is 2.27. The number of aliphatic imine (C=N–C) groups is 2. The maximum absolute atomic E-state index is 5.85. The van der Waals surface area contributed by atoms with Crippen molar-refractivity contribution in [2.45, 2.75) is 0 Å². The Morgan fingerprint density at radius 3 is 2.70 bits per heavy atom. The van der Waals surface area contributed by atoms with E-state index in [9.17, 15) is 0 Å². The van der Waals surface area contributed by atoms with Crippen LogP contribution >= 0.6 is 22.7 Å². The van der Waals surface area contributed by atoms with Gasteiger partial charge in [0.2, 0.25) is 11.1 Å². The lowest BCUT2D eigenvalue weighted by Gasteiger charge is -1.95. The van der Waals surface area contributed by atoms with Crippen LogP contribution in [0, 0.1) is 0 Å². The van der Waals surface area contributed by atoms with Gasteiger partial charge in [-0.05, 0) is 23.6 Å². The zero-order chi connectivity index (χ0) is 13.9. The molecule has 0 aliphatic heterocycles. The number of benzene rings is 1. The normalized spacial score (nSPS) is 13.0. The van der Waals surface area contributed by atoms with E-state index in [1.54, 1.807) is 0 Å². The van der Waals surface area contributed by atoms with Crippen LogP contribution in [0.5, 0.6) is 0 Å². The average molecular weight is 301 g/mol. The first kappa shape index (κ1) is 12.8. The Labute approximate surface area is 123 Å². The zero-order valence-corrected chi connectivity index (χ0v) is 12.0. The topological polar surface area (TPSA) is 89.6 Å². The van der Waals surface area contributed by atoms with Gasteiger partial charge < -0.3 is 11.5 Å². The van der Waals surface area contributed by atoms with Crippen LogP contribution in [0.3, 0.4) is 0 Å². The monoisotopic (exact) mass is 301 g/mol. The highest BCUT2D eigenvalue weighted by molar-refractivity contribution is 7.22. The van der Waals surface area contributed by atoms with Gasteiger partial charge in [-0.25, -0.2) is 4.98 Å². The number of rotatable bonds is 2. The van der Waals surface area contributed by atoms with Crippen LogP contribution in [0.1, 0.15) is 4.88 Å². The molecular formula is C13H11N5S2. The molecular weight excluding hydrogens is 290 g/mol. The van der Waals surface area contributed by atoms with Gasteiger partial charge in [0.25, 0.3) is 0 Å². The quantitative estimate of drug-likeness (QED) is 0.563. The minimum absolute atomic E-state index is 0.106. The fourth-order valence-electron chi connectivity index (χ4n) is 1.63. The lowest BCUT2D eigenvalue weighted by Crippen LogP contribution is -2.18. The molecule has 0 radical (unpaired) electrons. The van der Waals surface area contributed by atoms with Crippen molar-refractivity contribution in [3.63, 3.8) is 0 Å². The molecule has 0 aliphatic carbocycles. The summed E-state index contributed by atoms with van der Waals surface area (Å²) in [7, 11) is 0. The minimum atomic E-state index is 0.106. The van der Waals surface area contributed by atoms with Crippen LogP contribution in [-0.2, 0) is 0 Å². The molecule has 3 rings (SSSR count). The van der Waals surface area contributed by atoms with Crippen molar-refractivity contribution in [3.8, 4) is 0 Å². The number of nitrogens with two attached hydrogens (primary N) is 2. The number of nitrogens with zero attached hydrogens (tertiary/aromatic N) is 3. The molecule has 0 amide bonds. The second-order valence-electron chi connectivity index (χ2n) is 3.91. The minimum Gasteiger partial charge on any atom is -0.382 e. The summed E-state index contributed by atoms with van der Waals surface area (Å²) in [5.41, 5.74) is 12.5. The molecule has 2 aromatic heterocycles. The van der Waals surface area contributed by atoms with Crippen molar-refractivity contribution in [2.24, 2.45) is 21.5 Å². The lowest BCUT2D eigenvalue weighted by molar-refractivity contribution is 1.35. The second kappa shape index (κ2) is 5.40. The number of thiazole rings is 1. The van der Waals surface area contributed by atoms with E-state index in [0.29, 0.717) is 11.0 Å². The van der Waals surface area contributed by atoms with E-state index in [0.717, 1.165) is 15.1 Å². The van der Waals surface area contributed by atoms with Gasteiger partial charge in [-0.3, -0.25) is 0 Å². The van der Waals surface area contributed by atoms with E-state index in [4.69, 9.17) is 11.5 Å². The van der Waals surface area contributed by atoms with Crippen LogP contribution in [0.25, 0.3) is 10.2 Å². The summed E-state index contributed by atoms with van der Waals surface area (Å²) in [4.78, 5) is 13.5. The van der Waals surface area contributed by atoms with Gasteiger partial charge in [0.15, 0.2) is 0 Å². The van der Waals surface area contributed by atoms with Gasteiger partial charge in [-0.2, -0.15) is 9.98 Å². The van der Waals surface area contributed by atoms with E-state index in [-0.39, 0.29) is 5.96 Å². The van der Waals surface area contributed by atoms with Crippen LogP contribution in [-0.4, -0.2) is 16.8 Å². The van der Waals surface area contributed by atoms with Gasteiger partial charge >= 0.3 is 0 Å². The lowest BCUT2D eigenvalue weighted by atomic mass is 10.3. The number of guanidine groups is 1. The summed E-state index contributed by atoms with van der Waals surface area (Å²) in [6.07, 6.45) is 0. The van der Waals surface area contributed by atoms with E-state index in [1.807, 2.05) is 41.8 Å². The number of fused-ring (bicyclic) bond motifs is 1. The molecule has 2 heterocycles. The van der Waals surface area contributed by atoms with Crippen molar-refractivity contribution in [1.82, 2.24) is 4.98 Å². The third kappa shape index (κ3) is 2.68. The summed E-state index contributed by atoms with van der Waals surface area (Å²) in [6.45, 7) is 0.